The third-order valence-electron chi connectivity index (χ3n) is 3.86. The van der Waals surface area contributed by atoms with E-state index in [-0.39, 0.29) is 0 Å². The average Bonchev–Trinajstić information content (AvgIpc) is 2.69. The van der Waals surface area contributed by atoms with Gasteiger partial charge in [0.2, 0.25) is 0 Å². The fraction of sp³-hybridized carbons (Fsp3) is 1.00. The minimum Gasteiger partial charge on any atom is -0.0928 e. The van der Waals surface area contributed by atoms with Crippen molar-refractivity contribution in [3.05, 3.63) is 0 Å². The number of alkyl halides is 1. The normalized spacial score (nSPS) is 26.0. The second kappa shape index (κ2) is 8.61. The first kappa shape index (κ1) is 13.5. The SMILES string of the molecule is CCCCCCC1CCC(CCCBr)C1. The second-order valence-corrected chi connectivity index (χ2v) is 6.02. The van der Waals surface area contributed by atoms with Crippen molar-refractivity contribution in [2.45, 2.75) is 71.1 Å². The highest BCUT2D eigenvalue weighted by Gasteiger charge is 2.23. The summed E-state index contributed by atoms with van der Waals surface area (Å²) in [6.07, 6.45) is 14.7. The predicted octanol–water partition coefficient (Wildman–Crippen LogP) is 5.55. The summed E-state index contributed by atoms with van der Waals surface area (Å²) in [7, 11) is 0. The summed E-state index contributed by atoms with van der Waals surface area (Å²) in [5.74, 6) is 2.15. The van der Waals surface area contributed by atoms with Gasteiger partial charge < -0.3 is 0 Å². The summed E-state index contributed by atoms with van der Waals surface area (Å²) in [4.78, 5) is 0. The molecular weight excluding hydrogens is 248 g/mol. The Balaban J connectivity index is 1.98. The maximum atomic E-state index is 3.53. The van der Waals surface area contributed by atoms with E-state index in [1.807, 2.05) is 0 Å². The molecule has 1 aliphatic rings. The first-order valence-electron chi connectivity index (χ1n) is 6.92. The monoisotopic (exact) mass is 274 g/mol. The van der Waals surface area contributed by atoms with Gasteiger partial charge in [-0.05, 0) is 31.1 Å². The third kappa shape index (κ3) is 5.94. The van der Waals surface area contributed by atoms with Crippen molar-refractivity contribution in [1.82, 2.24) is 0 Å². The summed E-state index contributed by atoms with van der Waals surface area (Å²) >= 11 is 3.53. The minimum atomic E-state index is 1.07. The van der Waals surface area contributed by atoms with Crippen LogP contribution in [-0.4, -0.2) is 5.33 Å². The lowest BCUT2D eigenvalue weighted by Gasteiger charge is -2.10. The summed E-state index contributed by atoms with van der Waals surface area (Å²) in [5.41, 5.74) is 0. The van der Waals surface area contributed by atoms with Crippen LogP contribution in [0.3, 0.4) is 0 Å². The number of hydrogen-bond donors (Lipinski definition) is 0. The van der Waals surface area contributed by atoms with Crippen LogP contribution in [0.4, 0.5) is 0 Å². The van der Waals surface area contributed by atoms with Crippen LogP contribution in [0.15, 0.2) is 0 Å². The Morgan fingerprint density at radius 1 is 0.933 bits per heavy atom. The second-order valence-electron chi connectivity index (χ2n) is 5.23. The summed E-state index contributed by atoms with van der Waals surface area (Å²) in [6.45, 7) is 2.30. The molecule has 0 radical (unpaired) electrons. The van der Waals surface area contributed by atoms with Crippen LogP contribution in [0.25, 0.3) is 0 Å². The van der Waals surface area contributed by atoms with Crippen LogP contribution >= 0.6 is 15.9 Å². The molecule has 0 aliphatic heterocycles. The quantitative estimate of drug-likeness (QED) is 0.402. The molecule has 0 heterocycles. The zero-order valence-corrected chi connectivity index (χ0v) is 11.9. The number of unbranched alkanes of at least 4 members (excludes halogenated alkanes) is 3. The molecule has 90 valence electrons. The Labute approximate surface area is 104 Å². The minimum absolute atomic E-state index is 1.07. The van der Waals surface area contributed by atoms with Gasteiger partial charge in [0.1, 0.15) is 0 Å². The van der Waals surface area contributed by atoms with Gasteiger partial charge in [-0.25, -0.2) is 0 Å². The topological polar surface area (TPSA) is 0 Å². The van der Waals surface area contributed by atoms with Gasteiger partial charge in [-0.3, -0.25) is 0 Å². The average molecular weight is 275 g/mol. The van der Waals surface area contributed by atoms with Crippen LogP contribution in [0, 0.1) is 11.8 Å². The highest BCUT2D eigenvalue weighted by molar-refractivity contribution is 9.09. The van der Waals surface area contributed by atoms with Crippen molar-refractivity contribution < 1.29 is 0 Å². The first-order chi connectivity index (χ1) is 7.36. The van der Waals surface area contributed by atoms with Gasteiger partial charge in [0, 0.05) is 5.33 Å². The summed E-state index contributed by atoms with van der Waals surface area (Å²) in [6, 6.07) is 0. The summed E-state index contributed by atoms with van der Waals surface area (Å²) < 4.78 is 0. The molecule has 1 saturated carbocycles. The predicted molar refractivity (Wildman–Crippen MR) is 72.6 cm³/mol. The molecule has 2 unspecified atom stereocenters. The van der Waals surface area contributed by atoms with Gasteiger partial charge in [0.05, 0.1) is 0 Å². The Bertz CT molecular complexity index is 144. The Morgan fingerprint density at radius 3 is 2.20 bits per heavy atom. The molecule has 0 N–H and O–H groups in total. The van der Waals surface area contributed by atoms with Gasteiger partial charge in [0.15, 0.2) is 0 Å². The molecule has 1 aliphatic carbocycles. The molecular formula is C14H27Br. The van der Waals surface area contributed by atoms with Crippen molar-refractivity contribution in [3.63, 3.8) is 0 Å². The van der Waals surface area contributed by atoms with E-state index >= 15 is 0 Å². The molecule has 0 saturated heterocycles. The number of halogens is 1. The van der Waals surface area contributed by atoms with E-state index in [9.17, 15) is 0 Å². The largest absolute Gasteiger partial charge is 0.0928 e. The van der Waals surface area contributed by atoms with E-state index in [2.05, 4.69) is 22.9 Å². The van der Waals surface area contributed by atoms with E-state index in [4.69, 9.17) is 0 Å². The van der Waals surface area contributed by atoms with E-state index in [0.29, 0.717) is 0 Å². The van der Waals surface area contributed by atoms with E-state index < -0.39 is 0 Å². The molecule has 0 amide bonds. The van der Waals surface area contributed by atoms with Gasteiger partial charge in [0.25, 0.3) is 0 Å². The zero-order valence-electron chi connectivity index (χ0n) is 10.3. The van der Waals surface area contributed by atoms with Crippen molar-refractivity contribution in [3.8, 4) is 0 Å². The molecule has 1 fully saturated rings. The van der Waals surface area contributed by atoms with Gasteiger partial charge in [-0.2, -0.15) is 0 Å². The van der Waals surface area contributed by atoms with Crippen molar-refractivity contribution in [1.29, 1.82) is 0 Å². The first-order valence-corrected chi connectivity index (χ1v) is 8.05. The molecule has 15 heavy (non-hydrogen) atoms. The maximum absolute atomic E-state index is 3.53. The lowest BCUT2D eigenvalue weighted by molar-refractivity contribution is 0.428. The van der Waals surface area contributed by atoms with E-state index in [1.165, 1.54) is 63.1 Å². The molecule has 0 spiro atoms. The van der Waals surface area contributed by atoms with Crippen LogP contribution in [-0.2, 0) is 0 Å². The van der Waals surface area contributed by atoms with Gasteiger partial charge >= 0.3 is 0 Å². The molecule has 0 aromatic carbocycles. The van der Waals surface area contributed by atoms with Crippen LogP contribution in [0.5, 0.6) is 0 Å². The summed E-state index contributed by atoms with van der Waals surface area (Å²) in [5, 5.41) is 1.20. The lowest BCUT2D eigenvalue weighted by Crippen LogP contribution is -1.97. The highest BCUT2D eigenvalue weighted by atomic mass is 79.9. The van der Waals surface area contributed by atoms with Crippen LogP contribution in [0.1, 0.15) is 71.1 Å². The Morgan fingerprint density at radius 2 is 1.60 bits per heavy atom. The van der Waals surface area contributed by atoms with Crippen molar-refractivity contribution in [2.75, 3.05) is 5.33 Å². The molecule has 1 heteroatoms. The molecule has 0 bridgehead atoms. The lowest BCUT2D eigenvalue weighted by atomic mass is 9.96. The van der Waals surface area contributed by atoms with Crippen molar-refractivity contribution >= 4 is 15.9 Å². The number of hydrogen-bond acceptors (Lipinski definition) is 0. The van der Waals surface area contributed by atoms with Crippen LogP contribution in [0.2, 0.25) is 0 Å². The molecule has 0 nitrogen and oxygen atoms in total. The van der Waals surface area contributed by atoms with Crippen molar-refractivity contribution in [2.24, 2.45) is 11.8 Å². The van der Waals surface area contributed by atoms with E-state index in [0.717, 1.165) is 11.8 Å². The Hall–Kier alpha value is 0.480. The Kier molecular flexibility index (Phi) is 7.78. The maximum Gasteiger partial charge on any atom is 0.00314 e. The third-order valence-corrected chi connectivity index (χ3v) is 4.42. The standard InChI is InChI=1S/C14H27Br/c1-2-3-4-5-7-13-9-10-14(12-13)8-6-11-15/h13-14H,2-12H2,1H3. The van der Waals surface area contributed by atoms with E-state index in [1.54, 1.807) is 6.42 Å². The zero-order chi connectivity index (χ0) is 10.9. The molecule has 1 rings (SSSR count). The molecule has 2 atom stereocenters. The molecule has 0 aromatic rings. The number of rotatable bonds is 8. The van der Waals surface area contributed by atoms with Gasteiger partial charge in [-0.15, -0.1) is 0 Å². The smallest absolute Gasteiger partial charge is 0.00314 e. The fourth-order valence-electron chi connectivity index (χ4n) is 2.93. The highest BCUT2D eigenvalue weighted by Crippen LogP contribution is 2.36. The van der Waals surface area contributed by atoms with Gasteiger partial charge in [-0.1, -0.05) is 67.8 Å². The van der Waals surface area contributed by atoms with Crippen LogP contribution < -0.4 is 0 Å². The molecule has 0 aromatic heterocycles. The fourth-order valence-corrected chi connectivity index (χ4v) is 3.25.